The van der Waals surface area contributed by atoms with Crippen LogP contribution < -0.4 is 5.32 Å². The van der Waals surface area contributed by atoms with Gasteiger partial charge in [-0.15, -0.1) is 6.58 Å². The molecule has 1 rings (SSSR count). The van der Waals surface area contributed by atoms with Crippen molar-refractivity contribution in [3.05, 3.63) is 12.7 Å². The van der Waals surface area contributed by atoms with Gasteiger partial charge in [0.2, 0.25) is 0 Å². The fourth-order valence-corrected chi connectivity index (χ4v) is 1.46. The van der Waals surface area contributed by atoms with Crippen molar-refractivity contribution in [2.45, 2.75) is 31.9 Å². The molecule has 0 aromatic carbocycles. The molecule has 0 aromatic heterocycles. The van der Waals surface area contributed by atoms with Crippen LogP contribution in [0.15, 0.2) is 12.7 Å². The quantitative estimate of drug-likeness (QED) is 0.655. The highest BCUT2D eigenvalue weighted by Crippen LogP contribution is 2.01. The molecule has 1 N–H and O–H groups in total. The summed E-state index contributed by atoms with van der Waals surface area (Å²) in [4.78, 5) is 0. The molecule has 82 valence electrons. The first-order chi connectivity index (χ1) is 6.83. The minimum atomic E-state index is 0.231. The standard InChI is InChI=1S/C11H21NO2/c1-3-4-5-10(2)12-8-11-9-13-6-7-14-11/h3,10-12H,1,4-9H2,2H3. The van der Waals surface area contributed by atoms with Gasteiger partial charge in [-0.05, 0) is 19.8 Å². The molecule has 14 heavy (non-hydrogen) atoms. The first-order valence-corrected chi connectivity index (χ1v) is 5.36. The normalized spacial score (nSPS) is 24.5. The Labute approximate surface area is 86.5 Å². The zero-order chi connectivity index (χ0) is 10.2. The van der Waals surface area contributed by atoms with Crippen molar-refractivity contribution in [1.29, 1.82) is 0 Å². The van der Waals surface area contributed by atoms with Gasteiger partial charge in [0, 0.05) is 12.6 Å². The van der Waals surface area contributed by atoms with Gasteiger partial charge in [-0.3, -0.25) is 0 Å². The smallest absolute Gasteiger partial charge is 0.0933 e. The fraction of sp³-hybridized carbons (Fsp3) is 0.818. The van der Waals surface area contributed by atoms with E-state index in [1.165, 1.54) is 0 Å². The van der Waals surface area contributed by atoms with Crippen molar-refractivity contribution in [3.63, 3.8) is 0 Å². The number of nitrogens with one attached hydrogen (secondary N) is 1. The van der Waals surface area contributed by atoms with Gasteiger partial charge in [0.15, 0.2) is 0 Å². The lowest BCUT2D eigenvalue weighted by Gasteiger charge is -2.24. The SMILES string of the molecule is C=CCCC(C)NCC1COCCO1. The van der Waals surface area contributed by atoms with E-state index in [-0.39, 0.29) is 6.10 Å². The molecule has 0 aromatic rings. The van der Waals surface area contributed by atoms with Gasteiger partial charge in [0.1, 0.15) is 0 Å². The maximum Gasteiger partial charge on any atom is 0.0933 e. The lowest BCUT2D eigenvalue weighted by Crippen LogP contribution is -2.40. The van der Waals surface area contributed by atoms with E-state index in [1.807, 2.05) is 6.08 Å². The Morgan fingerprint density at radius 1 is 1.57 bits per heavy atom. The molecule has 3 nitrogen and oxygen atoms in total. The number of hydrogen-bond donors (Lipinski definition) is 1. The van der Waals surface area contributed by atoms with Gasteiger partial charge in [-0.2, -0.15) is 0 Å². The molecule has 2 atom stereocenters. The van der Waals surface area contributed by atoms with E-state index in [0.717, 1.165) is 39.2 Å². The van der Waals surface area contributed by atoms with Crippen LogP contribution in [0, 0.1) is 0 Å². The first-order valence-electron chi connectivity index (χ1n) is 5.36. The molecule has 1 heterocycles. The van der Waals surface area contributed by atoms with Crippen LogP contribution in [0.4, 0.5) is 0 Å². The van der Waals surface area contributed by atoms with Crippen molar-refractivity contribution in [2.75, 3.05) is 26.4 Å². The zero-order valence-corrected chi connectivity index (χ0v) is 9.00. The predicted octanol–water partition coefficient (Wildman–Crippen LogP) is 1.35. The number of rotatable bonds is 6. The summed E-state index contributed by atoms with van der Waals surface area (Å²) in [6.07, 6.45) is 4.39. The van der Waals surface area contributed by atoms with Gasteiger partial charge in [0.25, 0.3) is 0 Å². The van der Waals surface area contributed by atoms with Gasteiger partial charge in [0.05, 0.1) is 25.9 Å². The molecule has 0 aliphatic carbocycles. The monoisotopic (exact) mass is 199 g/mol. The number of allylic oxidation sites excluding steroid dienone is 1. The summed E-state index contributed by atoms with van der Waals surface area (Å²) in [5.74, 6) is 0. The maximum absolute atomic E-state index is 5.53. The highest BCUT2D eigenvalue weighted by Gasteiger charge is 2.14. The highest BCUT2D eigenvalue weighted by molar-refractivity contribution is 4.73. The van der Waals surface area contributed by atoms with Gasteiger partial charge in [-0.1, -0.05) is 6.08 Å². The van der Waals surface area contributed by atoms with Crippen LogP contribution in [0.2, 0.25) is 0 Å². The summed E-state index contributed by atoms with van der Waals surface area (Å²) in [7, 11) is 0. The Balaban J connectivity index is 2.03. The van der Waals surface area contributed by atoms with E-state index in [9.17, 15) is 0 Å². The lowest BCUT2D eigenvalue weighted by atomic mass is 10.2. The largest absolute Gasteiger partial charge is 0.376 e. The Bertz CT molecular complexity index is 155. The summed E-state index contributed by atoms with van der Waals surface area (Å²) in [6, 6.07) is 0.526. The lowest BCUT2D eigenvalue weighted by molar-refractivity contribution is -0.0869. The fourth-order valence-electron chi connectivity index (χ4n) is 1.46. The van der Waals surface area contributed by atoms with Crippen LogP contribution in [0.3, 0.4) is 0 Å². The van der Waals surface area contributed by atoms with Gasteiger partial charge in [-0.25, -0.2) is 0 Å². The van der Waals surface area contributed by atoms with Crippen LogP contribution in [0.5, 0.6) is 0 Å². The summed E-state index contributed by atoms with van der Waals surface area (Å²) in [5.41, 5.74) is 0. The second-order valence-corrected chi connectivity index (χ2v) is 3.74. The van der Waals surface area contributed by atoms with Crippen LogP contribution in [-0.4, -0.2) is 38.5 Å². The summed E-state index contributed by atoms with van der Waals surface area (Å²) >= 11 is 0. The Kier molecular flexibility index (Phi) is 5.83. The van der Waals surface area contributed by atoms with Crippen molar-refractivity contribution in [1.82, 2.24) is 5.32 Å². The van der Waals surface area contributed by atoms with Gasteiger partial charge >= 0.3 is 0 Å². The second-order valence-electron chi connectivity index (χ2n) is 3.74. The van der Waals surface area contributed by atoms with Crippen molar-refractivity contribution < 1.29 is 9.47 Å². The number of ether oxygens (including phenoxy) is 2. The first kappa shape index (κ1) is 11.7. The zero-order valence-electron chi connectivity index (χ0n) is 9.00. The van der Waals surface area contributed by atoms with Crippen LogP contribution in [-0.2, 0) is 9.47 Å². The molecule has 0 bridgehead atoms. The molecule has 1 aliphatic rings. The molecule has 0 saturated carbocycles. The molecule has 1 saturated heterocycles. The molecular weight excluding hydrogens is 178 g/mol. The van der Waals surface area contributed by atoms with Crippen LogP contribution >= 0.6 is 0 Å². The Morgan fingerprint density at radius 2 is 2.43 bits per heavy atom. The van der Waals surface area contributed by atoms with E-state index in [4.69, 9.17) is 9.47 Å². The molecule has 0 radical (unpaired) electrons. The minimum absolute atomic E-state index is 0.231. The molecule has 3 heteroatoms. The summed E-state index contributed by atoms with van der Waals surface area (Å²) in [6.45, 7) is 8.98. The predicted molar refractivity (Wildman–Crippen MR) is 57.5 cm³/mol. The Morgan fingerprint density at radius 3 is 3.07 bits per heavy atom. The van der Waals surface area contributed by atoms with E-state index >= 15 is 0 Å². The van der Waals surface area contributed by atoms with Crippen molar-refractivity contribution in [3.8, 4) is 0 Å². The van der Waals surface area contributed by atoms with Gasteiger partial charge < -0.3 is 14.8 Å². The summed E-state index contributed by atoms with van der Waals surface area (Å²) < 4.78 is 10.8. The highest BCUT2D eigenvalue weighted by atomic mass is 16.6. The Hall–Kier alpha value is -0.380. The van der Waals surface area contributed by atoms with Crippen molar-refractivity contribution >= 4 is 0 Å². The third-order valence-electron chi connectivity index (χ3n) is 2.38. The van der Waals surface area contributed by atoms with Crippen molar-refractivity contribution in [2.24, 2.45) is 0 Å². The molecule has 1 fully saturated rings. The summed E-state index contributed by atoms with van der Waals surface area (Å²) in [5, 5.41) is 3.43. The van der Waals surface area contributed by atoms with E-state index < -0.39 is 0 Å². The average molecular weight is 199 g/mol. The molecular formula is C11H21NO2. The topological polar surface area (TPSA) is 30.5 Å². The second kappa shape index (κ2) is 6.98. The maximum atomic E-state index is 5.53. The molecule has 0 spiro atoms. The average Bonchev–Trinajstić information content (AvgIpc) is 2.25. The van der Waals surface area contributed by atoms with Crippen LogP contribution in [0.25, 0.3) is 0 Å². The third kappa shape index (κ3) is 4.74. The molecule has 1 aliphatic heterocycles. The number of hydrogen-bond acceptors (Lipinski definition) is 3. The van der Waals surface area contributed by atoms with E-state index in [1.54, 1.807) is 0 Å². The molecule has 2 unspecified atom stereocenters. The molecule has 0 amide bonds. The van der Waals surface area contributed by atoms with E-state index in [0.29, 0.717) is 6.04 Å². The van der Waals surface area contributed by atoms with E-state index in [2.05, 4.69) is 18.8 Å². The minimum Gasteiger partial charge on any atom is -0.376 e. The third-order valence-corrected chi connectivity index (χ3v) is 2.38. The van der Waals surface area contributed by atoms with Crippen LogP contribution in [0.1, 0.15) is 19.8 Å².